The standard InChI is InChI=1S/C13H17NO3/c1-8-9(2)13(17)14(6-7-15)10-4-3-5-11(16)12(8)10/h15H,3-7H2,1-2H3. The van der Waals surface area contributed by atoms with Crippen molar-refractivity contribution in [3.8, 4) is 0 Å². The molecule has 1 aromatic heterocycles. The lowest BCUT2D eigenvalue weighted by molar-refractivity contribution is 0.0969. The summed E-state index contributed by atoms with van der Waals surface area (Å²) in [4.78, 5) is 24.0. The molecule has 0 atom stereocenters. The average molecular weight is 235 g/mol. The smallest absolute Gasteiger partial charge is 0.254 e. The average Bonchev–Trinajstić information content (AvgIpc) is 2.31. The predicted molar refractivity (Wildman–Crippen MR) is 64.5 cm³/mol. The number of nitrogens with zero attached hydrogens (tertiary/aromatic N) is 1. The molecule has 1 heterocycles. The van der Waals surface area contributed by atoms with Crippen molar-refractivity contribution >= 4 is 5.78 Å². The molecule has 1 N–H and O–H groups in total. The van der Waals surface area contributed by atoms with Crippen LogP contribution in [0.5, 0.6) is 0 Å². The number of pyridine rings is 1. The van der Waals surface area contributed by atoms with Crippen LogP contribution in [-0.4, -0.2) is 22.1 Å². The number of hydrogen-bond donors (Lipinski definition) is 1. The number of hydrogen-bond acceptors (Lipinski definition) is 3. The van der Waals surface area contributed by atoms with Gasteiger partial charge in [-0.1, -0.05) is 0 Å². The first-order valence-corrected chi connectivity index (χ1v) is 5.95. The fourth-order valence-electron chi connectivity index (χ4n) is 2.53. The monoisotopic (exact) mass is 235 g/mol. The number of Topliss-reactive ketones (excluding diaryl/α,β-unsaturated/α-hetero) is 1. The van der Waals surface area contributed by atoms with Crippen LogP contribution in [0, 0.1) is 13.8 Å². The Morgan fingerprint density at radius 3 is 2.53 bits per heavy atom. The number of carbonyl (C=O) groups is 1. The van der Waals surface area contributed by atoms with Gasteiger partial charge >= 0.3 is 0 Å². The second-order valence-electron chi connectivity index (χ2n) is 4.53. The fourth-order valence-corrected chi connectivity index (χ4v) is 2.53. The Labute approximate surface area is 99.9 Å². The lowest BCUT2D eigenvalue weighted by Crippen LogP contribution is -2.32. The first kappa shape index (κ1) is 12.0. The molecule has 0 bridgehead atoms. The predicted octanol–water partition coefficient (Wildman–Crippen LogP) is 0.976. The van der Waals surface area contributed by atoms with Gasteiger partial charge in [-0.05, 0) is 32.3 Å². The second-order valence-corrected chi connectivity index (χ2v) is 4.53. The number of carbonyl (C=O) groups excluding carboxylic acids is 1. The Morgan fingerprint density at radius 1 is 1.18 bits per heavy atom. The Morgan fingerprint density at radius 2 is 1.88 bits per heavy atom. The third-order valence-electron chi connectivity index (χ3n) is 3.54. The number of rotatable bonds is 2. The summed E-state index contributed by atoms with van der Waals surface area (Å²) in [5.41, 5.74) is 2.87. The summed E-state index contributed by atoms with van der Waals surface area (Å²) < 4.78 is 1.56. The summed E-state index contributed by atoms with van der Waals surface area (Å²) in [6.07, 6.45) is 2.10. The van der Waals surface area contributed by atoms with Crippen LogP contribution in [0.4, 0.5) is 0 Å². The van der Waals surface area contributed by atoms with Crippen molar-refractivity contribution in [1.29, 1.82) is 0 Å². The van der Waals surface area contributed by atoms with Gasteiger partial charge in [-0.15, -0.1) is 0 Å². The van der Waals surface area contributed by atoms with Gasteiger partial charge in [-0.25, -0.2) is 0 Å². The maximum atomic E-state index is 12.1. The summed E-state index contributed by atoms with van der Waals surface area (Å²) in [6.45, 7) is 3.77. The molecular weight excluding hydrogens is 218 g/mol. The summed E-state index contributed by atoms with van der Waals surface area (Å²) >= 11 is 0. The minimum atomic E-state index is -0.0803. The maximum Gasteiger partial charge on any atom is 0.254 e. The van der Waals surface area contributed by atoms with Crippen LogP contribution >= 0.6 is 0 Å². The van der Waals surface area contributed by atoms with Gasteiger partial charge in [0.25, 0.3) is 5.56 Å². The molecule has 0 spiro atoms. The number of ketones is 1. The zero-order valence-corrected chi connectivity index (χ0v) is 10.2. The lowest BCUT2D eigenvalue weighted by Gasteiger charge is -2.23. The molecule has 0 saturated carbocycles. The van der Waals surface area contributed by atoms with Crippen LogP contribution in [0.2, 0.25) is 0 Å². The number of aliphatic hydroxyl groups excluding tert-OH is 1. The minimum absolute atomic E-state index is 0.0787. The highest BCUT2D eigenvalue weighted by atomic mass is 16.3. The molecule has 1 aromatic rings. The van der Waals surface area contributed by atoms with Crippen molar-refractivity contribution in [1.82, 2.24) is 4.57 Å². The molecule has 1 aliphatic carbocycles. The topological polar surface area (TPSA) is 59.3 Å². The molecule has 0 unspecified atom stereocenters. The fraction of sp³-hybridized carbons (Fsp3) is 0.538. The van der Waals surface area contributed by atoms with Gasteiger partial charge in [-0.3, -0.25) is 9.59 Å². The van der Waals surface area contributed by atoms with E-state index in [0.717, 1.165) is 24.1 Å². The molecule has 4 nitrogen and oxygen atoms in total. The quantitative estimate of drug-likeness (QED) is 0.831. The minimum Gasteiger partial charge on any atom is -0.395 e. The van der Waals surface area contributed by atoms with Crippen LogP contribution < -0.4 is 5.56 Å². The van der Waals surface area contributed by atoms with Crippen molar-refractivity contribution in [2.24, 2.45) is 0 Å². The van der Waals surface area contributed by atoms with E-state index in [2.05, 4.69) is 0 Å². The van der Waals surface area contributed by atoms with E-state index in [1.165, 1.54) is 0 Å². The molecule has 0 aliphatic heterocycles. The van der Waals surface area contributed by atoms with Gasteiger partial charge < -0.3 is 9.67 Å². The maximum absolute atomic E-state index is 12.1. The SMILES string of the molecule is Cc1c2c(n(CCO)c(=O)c1C)CCCC2=O. The van der Waals surface area contributed by atoms with Gasteiger partial charge in [0.15, 0.2) is 5.78 Å². The van der Waals surface area contributed by atoms with Crippen LogP contribution in [0.15, 0.2) is 4.79 Å². The number of aromatic nitrogens is 1. The van der Waals surface area contributed by atoms with Crippen LogP contribution in [0.1, 0.15) is 40.0 Å². The van der Waals surface area contributed by atoms with Gasteiger partial charge in [0, 0.05) is 29.8 Å². The molecule has 0 saturated heterocycles. The molecule has 0 aromatic carbocycles. The van der Waals surface area contributed by atoms with Gasteiger partial charge in [0.1, 0.15) is 0 Å². The molecule has 92 valence electrons. The summed E-state index contributed by atoms with van der Waals surface area (Å²) in [6, 6.07) is 0. The number of aliphatic hydroxyl groups is 1. The van der Waals surface area contributed by atoms with Crippen LogP contribution in [0.25, 0.3) is 0 Å². The summed E-state index contributed by atoms with van der Waals surface area (Å²) in [7, 11) is 0. The highest BCUT2D eigenvalue weighted by Gasteiger charge is 2.24. The van der Waals surface area contributed by atoms with Crippen molar-refractivity contribution in [3.05, 3.63) is 32.7 Å². The molecular formula is C13H17NO3. The molecule has 0 radical (unpaired) electrons. The molecule has 1 aliphatic rings. The Balaban J connectivity index is 2.77. The molecule has 4 heteroatoms. The normalized spacial score (nSPS) is 14.9. The van der Waals surface area contributed by atoms with Gasteiger partial charge in [0.2, 0.25) is 0 Å². The van der Waals surface area contributed by atoms with E-state index < -0.39 is 0 Å². The third kappa shape index (κ3) is 1.82. The molecule has 2 rings (SSSR count). The van der Waals surface area contributed by atoms with E-state index in [0.29, 0.717) is 17.5 Å². The highest BCUT2D eigenvalue weighted by Crippen LogP contribution is 2.24. The van der Waals surface area contributed by atoms with Crippen molar-refractivity contribution < 1.29 is 9.90 Å². The first-order valence-electron chi connectivity index (χ1n) is 5.95. The van der Waals surface area contributed by atoms with E-state index in [1.807, 2.05) is 6.92 Å². The molecule has 0 fully saturated rings. The molecule has 0 amide bonds. The van der Waals surface area contributed by atoms with Crippen molar-refractivity contribution in [3.63, 3.8) is 0 Å². The van der Waals surface area contributed by atoms with Crippen LogP contribution in [-0.2, 0) is 13.0 Å². The molecule has 17 heavy (non-hydrogen) atoms. The lowest BCUT2D eigenvalue weighted by atomic mass is 9.89. The van der Waals surface area contributed by atoms with Gasteiger partial charge in [-0.2, -0.15) is 0 Å². The Kier molecular flexibility index (Phi) is 3.15. The van der Waals surface area contributed by atoms with Crippen LogP contribution in [0.3, 0.4) is 0 Å². The Hall–Kier alpha value is -1.42. The van der Waals surface area contributed by atoms with Crippen molar-refractivity contribution in [2.75, 3.05) is 6.61 Å². The van der Waals surface area contributed by atoms with E-state index in [-0.39, 0.29) is 24.5 Å². The second kappa shape index (κ2) is 4.45. The first-order chi connectivity index (χ1) is 8.07. The van der Waals surface area contributed by atoms with Crippen molar-refractivity contribution in [2.45, 2.75) is 39.7 Å². The van der Waals surface area contributed by atoms with E-state index in [1.54, 1.807) is 11.5 Å². The zero-order chi connectivity index (χ0) is 12.6. The van der Waals surface area contributed by atoms with Gasteiger partial charge in [0.05, 0.1) is 6.61 Å². The summed E-state index contributed by atoms with van der Waals surface area (Å²) in [5, 5.41) is 9.03. The largest absolute Gasteiger partial charge is 0.395 e. The van der Waals surface area contributed by atoms with E-state index in [9.17, 15) is 9.59 Å². The summed E-state index contributed by atoms with van der Waals surface area (Å²) in [5.74, 6) is 0.124. The third-order valence-corrected chi connectivity index (χ3v) is 3.54. The zero-order valence-electron chi connectivity index (χ0n) is 10.2. The Bertz CT molecular complexity index is 528. The number of fused-ring (bicyclic) bond motifs is 1. The highest BCUT2D eigenvalue weighted by molar-refractivity contribution is 5.99. The van der Waals surface area contributed by atoms with E-state index >= 15 is 0 Å². The van der Waals surface area contributed by atoms with E-state index in [4.69, 9.17) is 5.11 Å².